The number of methoxy groups -OCH3 is 1. The smallest absolute Gasteiger partial charge is 0.339 e. The van der Waals surface area contributed by atoms with Crippen LogP contribution < -0.4 is 4.74 Å². The summed E-state index contributed by atoms with van der Waals surface area (Å²) >= 11 is 0. The summed E-state index contributed by atoms with van der Waals surface area (Å²) in [5, 5.41) is 10.9. The largest absolute Gasteiger partial charge is 0.490 e. The molecule has 0 aliphatic rings. The van der Waals surface area contributed by atoms with Crippen LogP contribution in [0.4, 0.5) is 5.69 Å². The third kappa shape index (κ3) is 5.29. The predicted octanol–water partition coefficient (Wildman–Crippen LogP) is 3.77. The zero-order valence-electron chi connectivity index (χ0n) is 15.8. The van der Waals surface area contributed by atoms with Crippen molar-refractivity contribution in [1.29, 1.82) is 0 Å². The number of benzene rings is 2. The van der Waals surface area contributed by atoms with Crippen LogP contribution in [0.3, 0.4) is 0 Å². The number of hydrogen-bond acceptors (Lipinski definition) is 7. The lowest BCUT2D eigenvalue weighted by Crippen LogP contribution is -2.16. The highest BCUT2D eigenvalue weighted by atomic mass is 16.6. The Bertz CT molecular complexity index is 877. The van der Waals surface area contributed by atoms with Crippen LogP contribution in [0, 0.1) is 16.0 Å². The van der Waals surface area contributed by atoms with Gasteiger partial charge in [-0.3, -0.25) is 10.1 Å². The number of nitrogens with zero attached hydrogens (tertiary/aromatic N) is 1. The first-order chi connectivity index (χ1) is 13.3. The van der Waals surface area contributed by atoms with Gasteiger partial charge in [0.05, 0.1) is 29.8 Å². The molecule has 28 heavy (non-hydrogen) atoms. The van der Waals surface area contributed by atoms with Crippen LogP contribution in [0.15, 0.2) is 42.5 Å². The van der Waals surface area contributed by atoms with Crippen molar-refractivity contribution in [1.82, 2.24) is 0 Å². The first kappa shape index (κ1) is 20.9. The first-order valence-electron chi connectivity index (χ1n) is 8.58. The standard InChI is InChI=1S/C20H21NO7/c1-13(2)11-27-19(22)15-6-4-5-7-16(15)20(23)28-12-14-8-9-17(21(24)25)18(10-14)26-3/h4-10,13H,11-12H2,1-3H3. The van der Waals surface area contributed by atoms with E-state index in [1.165, 1.54) is 37.4 Å². The van der Waals surface area contributed by atoms with E-state index in [0.717, 1.165) is 0 Å². The number of nitro groups is 1. The maximum Gasteiger partial charge on any atom is 0.339 e. The van der Waals surface area contributed by atoms with Crippen molar-refractivity contribution in [3.63, 3.8) is 0 Å². The van der Waals surface area contributed by atoms with Gasteiger partial charge in [0.1, 0.15) is 6.61 Å². The summed E-state index contributed by atoms with van der Waals surface area (Å²) in [5.74, 6) is -1.07. The van der Waals surface area contributed by atoms with E-state index in [1.807, 2.05) is 13.8 Å². The fraction of sp³-hybridized carbons (Fsp3) is 0.300. The van der Waals surface area contributed by atoms with Gasteiger partial charge in [0.25, 0.3) is 0 Å². The maximum atomic E-state index is 12.4. The number of rotatable bonds is 8. The van der Waals surface area contributed by atoms with Crippen molar-refractivity contribution < 1.29 is 28.7 Å². The zero-order valence-corrected chi connectivity index (χ0v) is 15.8. The predicted molar refractivity (Wildman–Crippen MR) is 100 cm³/mol. The molecule has 0 unspecified atom stereocenters. The van der Waals surface area contributed by atoms with Crippen LogP contribution in [0.1, 0.15) is 40.1 Å². The second kappa shape index (κ2) is 9.50. The first-order valence-corrected chi connectivity index (χ1v) is 8.58. The Balaban J connectivity index is 2.12. The van der Waals surface area contributed by atoms with Crippen molar-refractivity contribution in [2.75, 3.05) is 13.7 Å². The Morgan fingerprint density at radius 2 is 1.64 bits per heavy atom. The van der Waals surface area contributed by atoms with Gasteiger partial charge in [-0.25, -0.2) is 9.59 Å². The molecular weight excluding hydrogens is 366 g/mol. The van der Waals surface area contributed by atoms with E-state index >= 15 is 0 Å². The quantitative estimate of drug-likeness (QED) is 0.386. The molecule has 8 heteroatoms. The van der Waals surface area contributed by atoms with Crippen molar-refractivity contribution in [2.45, 2.75) is 20.5 Å². The molecular formula is C20H21NO7. The van der Waals surface area contributed by atoms with E-state index in [4.69, 9.17) is 14.2 Å². The number of carbonyl (C=O) groups excluding carboxylic acids is 2. The van der Waals surface area contributed by atoms with Gasteiger partial charge in [0.2, 0.25) is 0 Å². The Kier molecular flexibility index (Phi) is 7.08. The van der Waals surface area contributed by atoms with Gasteiger partial charge in [0, 0.05) is 6.07 Å². The van der Waals surface area contributed by atoms with Crippen molar-refractivity contribution >= 4 is 17.6 Å². The Hall–Kier alpha value is -3.42. The van der Waals surface area contributed by atoms with Gasteiger partial charge in [-0.05, 0) is 35.7 Å². The molecule has 0 heterocycles. The third-order valence-corrected chi connectivity index (χ3v) is 3.73. The minimum absolute atomic E-state index is 0.0659. The van der Waals surface area contributed by atoms with E-state index in [-0.39, 0.29) is 41.7 Å². The third-order valence-electron chi connectivity index (χ3n) is 3.73. The van der Waals surface area contributed by atoms with E-state index < -0.39 is 16.9 Å². The number of carbonyl (C=O) groups is 2. The molecule has 0 spiro atoms. The fourth-order valence-electron chi connectivity index (χ4n) is 2.35. The van der Waals surface area contributed by atoms with E-state index in [0.29, 0.717) is 5.56 Å². The molecule has 0 saturated carbocycles. The summed E-state index contributed by atoms with van der Waals surface area (Å²) in [6, 6.07) is 10.4. The Morgan fingerprint density at radius 1 is 1.04 bits per heavy atom. The van der Waals surface area contributed by atoms with Crippen LogP contribution in [-0.4, -0.2) is 30.6 Å². The van der Waals surface area contributed by atoms with Gasteiger partial charge in [-0.2, -0.15) is 0 Å². The molecule has 0 atom stereocenters. The van der Waals surface area contributed by atoms with Gasteiger partial charge >= 0.3 is 17.6 Å². The summed E-state index contributed by atoms with van der Waals surface area (Å²) in [5.41, 5.74) is 0.533. The highest BCUT2D eigenvalue weighted by Gasteiger charge is 2.20. The van der Waals surface area contributed by atoms with Gasteiger partial charge < -0.3 is 14.2 Å². The number of nitro benzene ring substituents is 1. The molecule has 2 aromatic rings. The molecule has 2 aromatic carbocycles. The molecule has 0 aliphatic carbocycles. The summed E-state index contributed by atoms with van der Waals surface area (Å²) in [7, 11) is 1.32. The SMILES string of the molecule is COc1cc(COC(=O)c2ccccc2C(=O)OCC(C)C)ccc1[N+](=O)[O-]. The van der Waals surface area contributed by atoms with Crippen LogP contribution in [0.2, 0.25) is 0 Å². The van der Waals surface area contributed by atoms with E-state index in [2.05, 4.69) is 0 Å². The molecule has 148 valence electrons. The zero-order chi connectivity index (χ0) is 20.7. The molecule has 0 aromatic heterocycles. The molecule has 0 saturated heterocycles. The molecule has 0 amide bonds. The van der Waals surface area contributed by atoms with Crippen LogP contribution in [-0.2, 0) is 16.1 Å². The minimum Gasteiger partial charge on any atom is -0.490 e. The number of ether oxygens (including phenoxy) is 3. The lowest BCUT2D eigenvalue weighted by molar-refractivity contribution is -0.385. The molecule has 8 nitrogen and oxygen atoms in total. The van der Waals surface area contributed by atoms with Gasteiger partial charge in [-0.1, -0.05) is 26.0 Å². The average Bonchev–Trinajstić information content (AvgIpc) is 2.69. The summed E-state index contributed by atoms with van der Waals surface area (Å²) in [6.07, 6.45) is 0. The summed E-state index contributed by atoms with van der Waals surface area (Å²) in [6.45, 7) is 3.92. The fourth-order valence-corrected chi connectivity index (χ4v) is 2.35. The van der Waals surface area contributed by atoms with Crippen LogP contribution in [0.5, 0.6) is 5.75 Å². The molecule has 0 radical (unpaired) electrons. The van der Waals surface area contributed by atoms with Crippen LogP contribution >= 0.6 is 0 Å². The molecule has 0 aliphatic heterocycles. The molecule has 0 fully saturated rings. The van der Waals surface area contributed by atoms with E-state index in [9.17, 15) is 19.7 Å². The minimum atomic E-state index is -0.700. The second-order valence-corrected chi connectivity index (χ2v) is 6.38. The number of esters is 2. The van der Waals surface area contributed by atoms with Gasteiger partial charge in [0.15, 0.2) is 5.75 Å². The molecule has 2 rings (SSSR count). The van der Waals surface area contributed by atoms with E-state index in [1.54, 1.807) is 12.1 Å². The maximum absolute atomic E-state index is 12.4. The average molecular weight is 387 g/mol. The molecule has 0 bridgehead atoms. The summed E-state index contributed by atoms with van der Waals surface area (Å²) < 4.78 is 15.4. The highest BCUT2D eigenvalue weighted by Crippen LogP contribution is 2.28. The number of hydrogen-bond donors (Lipinski definition) is 0. The molecule has 0 N–H and O–H groups in total. The Labute approximate surface area is 162 Å². The van der Waals surface area contributed by atoms with Crippen molar-refractivity contribution in [3.05, 3.63) is 69.3 Å². The highest BCUT2D eigenvalue weighted by molar-refractivity contribution is 6.03. The lowest BCUT2D eigenvalue weighted by atomic mass is 10.1. The Morgan fingerprint density at radius 3 is 2.18 bits per heavy atom. The normalized spacial score (nSPS) is 10.4. The topological polar surface area (TPSA) is 105 Å². The monoisotopic (exact) mass is 387 g/mol. The van der Waals surface area contributed by atoms with Gasteiger partial charge in [-0.15, -0.1) is 0 Å². The van der Waals surface area contributed by atoms with Crippen molar-refractivity contribution in [3.8, 4) is 5.75 Å². The lowest BCUT2D eigenvalue weighted by Gasteiger charge is -2.11. The summed E-state index contributed by atoms with van der Waals surface area (Å²) in [4.78, 5) is 35.0. The van der Waals surface area contributed by atoms with Crippen LogP contribution in [0.25, 0.3) is 0 Å². The second-order valence-electron chi connectivity index (χ2n) is 6.38. The van der Waals surface area contributed by atoms with Crippen molar-refractivity contribution in [2.24, 2.45) is 5.92 Å².